The van der Waals surface area contributed by atoms with E-state index in [9.17, 15) is 4.79 Å². The van der Waals surface area contributed by atoms with Crippen LogP contribution in [0.1, 0.15) is 5.56 Å². The van der Waals surface area contributed by atoms with Gasteiger partial charge in [0.2, 0.25) is 0 Å². The molecule has 0 saturated heterocycles. The maximum atomic E-state index is 10.6. The van der Waals surface area contributed by atoms with Gasteiger partial charge in [0, 0.05) is 11.8 Å². The third-order valence-corrected chi connectivity index (χ3v) is 3.78. The van der Waals surface area contributed by atoms with Gasteiger partial charge in [-0.1, -0.05) is 40.9 Å². The van der Waals surface area contributed by atoms with Crippen molar-refractivity contribution < 1.29 is 9.90 Å². The lowest BCUT2D eigenvalue weighted by Gasteiger charge is -2.07. The Bertz CT molecular complexity index is 627. The predicted molar refractivity (Wildman–Crippen MR) is 76.0 cm³/mol. The normalized spacial score (nSPS) is 10.5. The standard InChI is InChI=1S/C13H8Cl3NO2/c14-9-3-2-8(12(15)13(9)16)10-4-1-7(6-17-10)5-11(18)19/h1-4,6H,5H2,(H,18,19). The molecule has 3 nitrogen and oxygen atoms in total. The average molecular weight is 317 g/mol. The maximum Gasteiger partial charge on any atom is 0.307 e. The predicted octanol–water partition coefficient (Wildman–Crippen LogP) is 4.34. The second-order valence-electron chi connectivity index (χ2n) is 3.85. The largest absolute Gasteiger partial charge is 0.481 e. The third kappa shape index (κ3) is 3.18. The fourth-order valence-electron chi connectivity index (χ4n) is 1.59. The first kappa shape index (κ1) is 14.1. The minimum Gasteiger partial charge on any atom is -0.481 e. The Hall–Kier alpha value is -1.29. The number of carboxylic acids is 1. The minimum atomic E-state index is -0.901. The number of aliphatic carboxylic acids is 1. The molecule has 0 aliphatic carbocycles. The molecule has 0 radical (unpaired) electrons. The van der Waals surface area contributed by atoms with Crippen LogP contribution in [-0.2, 0) is 11.2 Å². The van der Waals surface area contributed by atoms with Gasteiger partial charge >= 0.3 is 5.97 Å². The third-order valence-electron chi connectivity index (χ3n) is 2.49. The van der Waals surface area contributed by atoms with Gasteiger partial charge in [0.15, 0.2) is 0 Å². The summed E-state index contributed by atoms with van der Waals surface area (Å²) in [5, 5.41) is 9.66. The molecule has 2 aromatic rings. The molecule has 0 unspecified atom stereocenters. The zero-order chi connectivity index (χ0) is 14.0. The van der Waals surface area contributed by atoms with Crippen molar-refractivity contribution in [3.63, 3.8) is 0 Å². The Kier molecular flexibility index (Phi) is 4.30. The monoisotopic (exact) mass is 315 g/mol. The van der Waals surface area contributed by atoms with E-state index in [1.54, 1.807) is 24.3 Å². The molecule has 6 heteroatoms. The zero-order valence-electron chi connectivity index (χ0n) is 9.53. The maximum absolute atomic E-state index is 10.6. The summed E-state index contributed by atoms with van der Waals surface area (Å²) in [7, 11) is 0. The van der Waals surface area contributed by atoms with Gasteiger partial charge in [-0.25, -0.2) is 0 Å². The van der Waals surface area contributed by atoms with Gasteiger partial charge in [-0.05, 0) is 23.8 Å². The van der Waals surface area contributed by atoms with E-state index >= 15 is 0 Å². The zero-order valence-corrected chi connectivity index (χ0v) is 11.8. The first-order valence-electron chi connectivity index (χ1n) is 5.29. The van der Waals surface area contributed by atoms with Crippen LogP contribution in [-0.4, -0.2) is 16.1 Å². The van der Waals surface area contributed by atoms with Gasteiger partial charge in [0.05, 0.1) is 27.2 Å². The lowest BCUT2D eigenvalue weighted by Crippen LogP contribution is -2.00. The number of nitrogens with zero attached hydrogens (tertiary/aromatic N) is 1. The quantitative estimate of drug-likeness (QED) is 0.857. The van der Waals surface area contributed by atoms with E-state index in [0.717, 1.165) is 0 Å². The smallest absolute Gasteiger partial charge is 0.307 e. The SMILES string of the molecule is O=C(O)Cc1ccc(-c2ccc(Cl)c(Cl)c2Cl)nc1. The van der Waals surface area contributed by atoms with E-state index in [4.69, 9.17) is 39.9 Å². The number of hydrogen-bond donors (Lipinski definition) is 1. The highest BCUT2D eigenvalue weighted by molar-refractivity contribution is 6.49. The second kappa shape index (κ2) is 5.78. The number of carboxylic acid groups (broad SMARTS) is 1. The fourth-order valence-corrected chi connectivity index (χ4v) is 2.22. The summed E-state index contributed by atoms with van der Waals surface area (Å²) in [5.74, 6) is -0.901. The molecule has 0 saturated carbocycles. The van der Waals surface area contributed by atoms with E-state index in [-0.39, 0.29) is 11.4 Å². The van der Waals surface area contributed by atoms with Gasteiger partial charge in [-0.2, -0.15) is 0 Å². The topological polar surface area (TPSA) is 50.2 Å². The second-order valence-corrected chi connectivity index (χ2v) is 5.01. The molecule has 98 valence electrons. The summed E-state index contributed by atoms with van der Waals surface area (Å²) in [6, 6.07) is 6.74. The van der Waals surface area contributed by atoms with Crippen molar-refractivity contribution in [2.24, 2.45) is 0 Å². The lowest BCUT2D eigenvalue weighted by atomic mass is 10.1. The van der Waals surface area contributed by atoms with Crippen molar-refractivity contribution in [3.8, 4) is 11.3 Å². The molecule has 0 spiro atoms. The lowest BCUT2D eigenvalue weighted by molar-refractivity contribution is -0.136. The first-order chi connectivity index (χ1) is 8.99. The van der Waals surface area contributed by atoms with Crippen LogP contribution in [0.15, 0.2) is 30.5 Å². The molecule has 0 bridgehead atoms. The molecule has 1 aromatic heterocycles. The van der Waals surface area contributed by atoms with Crippen molar-refractivity contribution >= 4 is 40.8 Å². The highest BCUT2D eigenvalue weighted by atomic mass is 35.5. The summed E-state index contributed by atoms with van der Waals surface area (Å²) in [4.78, 5) is 14.8. The van der Waals surface area contributed by atoms with Crippen LogP contribution in [0.4, 0.5) is 0 Å². The number of pyridine rings is 1. The van der Waals surface area contributed by atoms with Gasteiger partial charge in [-0.15, -0.1) is 0 Å². The molecule has 0 fully saturated rings. The van der Waals surface area contributed by atoms with Crippen molar-refractivity contribution in [1.29, 1.82) is 0 Å². The number of benzene rings is 1. The molecule has 19 heavy (non-hydrogen) atoms. The summed E-state index contributed by atoms with van der Waals surface area (Å²) in [6.07, 6.45) is 1.44. The summed E-state index contributed by atoms with van der Waals surface area (Å²) in [5.41, 5.74) is 1.88. The Morgan fingerprint density at radius 1 is 1.11 bits per heavy atom. The molecular formula is C13H8Cl3NO2. The van der Waals surface area contributed by atoms with E-state index < -0.39 is 5.97 Å². The molecule has 0 aliphatic rings. The minimum absolute atomic E-state index is 0.0671. The fraction of sp³-hybridized carbons (Fsp3) is 0.0769. The van der Waals surface area contributed by atoms with Crippen molar-refractivity contribution in [1.82, 2.24) is 4.98 Å². The van der Waals surface area contributed by atoms with Crippen LogP contribution in [0.25, 0.3) is 11.3 Å². The number of aromatic nitrogens is 1. The number of rotatable bonds is 3. The molecule has 1 aromatic carbocycles. The van der Waals surface area contributed by atoms with Crippen LogP contribution < -0.4 is 0 Å². The Morgan fingerprint density at radius 2 is 1.84 bits per heavy atom. The molecule has 0 atom stereocenters. The molecule has 0 aliphatic heterocycles. The van der Waals surface area contributed by atoms with Gasteiger partial charge < -0.3 is 5.11 Å². The van der Waals surface area contributed by atoms with Crippen LogP contribution in [0.5, 0.6) is 0 Å². The summed E-state index contributed by atoms with van der Waals surface area (Å²) >= 11 is 17.9. The number of carbonyl (C=O) groups is 1. The van der Waals surface area contributed by atoms with E-state index in [0.29, 0.717) is 26.9 Å². The first-order valence-corrected chi connectivity index (χ1v) is 6.43. The van der Waals surface area contributed by atoms with Crippen molar-refractivity contribution in [2.75, 3.05) is 0 Å². The van der Waals surface area contributed by atoms with Crippen LogP contribution >= 0.6 is 34.8 Å². The van der Waals surface area contributed by atoms with E-state index in [1.165, 1.54) is 6.20 Å². The Labute approximate surface area is 124 Å². The summed E-state index contributed by atoms with van der Waals surface area (Å²) < 4.78 is 0. The Balaban J connectivity index is 2.37. The van der Waals surface area contributed by atoms with Crippen LogP contribution in [0.2, 0.25) is 15.1 Å². The molecular weight excluding hydrogens is 309 g/mol. The van der Waals surface area contributed by atoms with Gasteiger partial charge in [-0.3, -0.25) is 9.78 Å². The molecule has 1 N–H and O–H groups in total. The molecule has 0 amide bonds. The van der Waals surface area contributed by atoms with Crippen LogP contribution in [0, 0.1) is 0 Å². The van der Waals surface area contributed by atoms with Crippen molar-refractivity contribution in [3.05, 3.63) is 51.1 Å². The van der Waals surface area contributed by atoms with E-state index in [2.05, 4.69) is 4.98 Å². The highest BCUT2D eigenvalue weighted by Gasteiger charge is 2.11. The molecule has 2 rings (SSSR count). The average Bonchev–Trinajstić information content (AvgIpc) is 2.37. The van der Waals surface area contributed by atoms with Crippen LogP contribution in [0.3, 0.4) is 0 Å². The Morgan fingerprint density at radius 3 is 2.42 bits per heavy atom. The highest BCUT2D eigenvalue weighted by Crippen LogP contribution is 2.37. The van der Waals surface area contributed by atoms with Gasteiger partial charge in [0.1, 0.15) is 0 Å². The van der Waals surface area contributed by atoms with Gasteiger partial charge in [0.25, 0.3) is 0 Å². The number of hydrogen-bond acceptors (Lipinski definition) is 2. The number of halogens is 3. The summed E-state index contributed by atoms with van der Waals surface area (Å²) in [6.45, 7) is 0. The molecule has 1 heterocycles. The van der Waals surface area contributed by atoms with Crippen molar-refractivity contribution in [2.45, 2.75) is 6.42 Å². The van der Waals surface area contributed by atoms with E-state index in [1.807, 2.05) is 0 Å².